The highest BCUT2D eigenvalue weighted by molar-refractivity contribution is 5.49. The minimum Gasteiger partial charge on any atom is -0.477 e. The Bertz CT molecular complexity index is 470. The fourth-order valence-corrected chi connectivity index (χ4v) is 1.77. The molecule has 120 valence electrons. The van der Waals surface area contributed by atoms with E-state index in [0.717, 1.165) is 30.2 Å². The van der Waals surface area contributed by atoms with Gasteiger partial charge in [-0.2, -0.15) is 4.98 Å². The van der Waals surface area contributed by atoms with Gasteiger partial charge in [0.15, 0.2) is 0 Å². The summed E-state index contributed by atoms with van der Waals surface area (Å²) in [5.74, 6) is 2.40. The smallest absolute Gasteiger partial charge is 0.221 e. The summed E-state index contributed by atoms with van der Waals surface area (Å²) in [5, 5.41) is 3.30. The van der Waals surface area contributed by atoms with Crippen LogP contribution in [0.4, 0.5) is 5.82 Å². The molecule has 0 spiro atoms. The largest absolute Gasteiger partial charge is 0.477 e. The van der Waals surface area contributed by atoms with Crippen molar-refractivity contribution in [3.8, 4) is 5.88 Å². The van der Waals surface area contributed by atoms with Gasteiger partial charge < -0.3 is 10.1 Å². The fraction of sp³-hybridized carbons (Fsp3) is 0.765. The normalized spacial score (nSPS) is 12.4. The zero-order chi connectivity index (χ0) is 16.3. The van der Waals surface area contributed by atoms with Crippen molar-refractivity contribution in [3.05, 3.63) is 11.4 Å². The van der Waals surface area contributed by atoms with Gasteiger partial charge >= 0.3 is 0 Å². The molecule has 21 heavy (non-hydrogen) atoms. The van der Waals surface area contributed by atoms with Gasteiger partial charge in [0.05, 0.1) is 12.2 Å². The zero-order valence-electron chi connectivity index (χ0n) is 14.9. The number of anilines is 1. The van der Waals surface area contributed by atoms with Crippen molar-refractivity contribution in [1.29, 1.82) is 0 Å². The van der Waals surface area contributed by atoms with E-state index in [1.165, 1.54) is 0 Å². The van der Waals surface area contributed by atoms with E-state index >= 15 is 0 Å². The number of nitrogens with zero attached hydrogens (tertiary/aromatic N) is 2. The molecule has 0 aliphatic rings. The maximum Gasteiger partial charge on any atom is 0.221 e. The molecular weight excluding hydrogens is 262 g/mol. The Balaban J connectivity index is 3.03. The lowest BCUT2D eigenvalue weighted by Gasteiger charge is -2.22. The molecule has 1 aromatic heterocycles. The van der Waals surface area contributed by atoms with Crippen LogP contribution in [0.25, 0.3) is 0 Å². The Morgan fingerprint density at radius 3 is 2.14 bits per heavy atom. The molecule has 0 amide bonds. The third-order valence-corrected chi connectivity index (χ3v) is 3.21. The van der Waals surface area contributed by atoms with Crippen molar-refractivity contribution < 1.29 is 4.74 Å². The molecule has 1 heterocycles. The molecule has 0 radical (unpaired) electrons. The molecule has 1 rings (SSSR count). The van der Waals surface area contributed by atoms with Crippen molar-refractivity contribution in [2.24, 2.45) is 5.41 Å². The van der Waals surface area contributed by atoms with Gasteiger partial charge in [-0.25, -0.2) is 4.98 Å². The monoisotopic (exact) mass is 293 g/mol. The third kappa shape index (κ3) is 5.52. The molecule has 0 atom stereocenters. The first-order valence-corrected chi connectivity index (χ1v) is 7.80. The average molecular weight is 293 g/mol. The van der Waals surface area contributed by atoms with E-state index in [-0.39, 0.29) is 10.8 Å². The van der Waals surface area contributed by atoms with Gasteiger partial charge in [0.1, 0.15) is 11.6 Å². The SMILES string of the molecule is CCNc1nc(C(C)(C)C)nc(OCCC(C)(C)C)c1C. The van der Waals surface area contributed by atoms with Crippen molar-refractivity contribution in [3.63, 3.8) is 0 Å². The summed E-state index contributed by atoms with van der Waals surface area (Å²) < 4.78 is 5.94. The van der Waals surface area contributed by atoms with Crippen LogP contribution in [0.2, 0.25) is 0 Å². The van der Waals surface area contributed by atoms with Gasteiger partial charge in [-0.3, -0.25) is 0 Å². The second kappa shape index (κ2) is 6.63. The second-order valence-corrected chi connectivity index (χ2v) is 7.77. The topological polar surface area (TPSA) is 47.0 Å². The number of hydrogen-bond donors (Lipinski definition) is 1. The van der Waals surface area contributed by atoms with Crippen molar-refractivity contribution in [2.75, 3.05) is 18.5 Å². The number of ether oxygens (including phenoxy) is 1. The Kier molecular flexibility index (Phi) is 5.60. The molecule has 1 N–H and O–H groups in total. The summed E-state index contributed by atoms with van der Waals surface area (Å²) in [4.78, 5) is 9.28. The molecule has 4 heteroatoms. The average Bonchev–Trinajstić information content (AvgIpc) is 2.31. The van der Waals surface area contributed by atoms with E-state index in [2.05, 4.69) is 63.8 Å². The maximum absolute atomic E-state index is 5.94. The van der Waals surface area contributed by atoms with Crippen LogP contribution in [0.1, 0.15) is 66.3 Å². The van der Waals surface area contributed by atoms with Gasteiger partial charge in [-0.1, -0.05) is 41.5 Å². The minimum absolute atomic E-state index is 0.0972. The molecule has 0 aliphatic carbocycles. The van der Waals surface area contributed by atoms with E-state index in [9.17, 15) is 0 Å². The van der Waals surface area contributed by atoms with Gasteiger partial charge in [-0.05, 0) is 25.7 Å². The molecule has 0 aromatic carbocycles. The van der Waals surface area contributed by atoms with Crippen LogP contribution in [-0.4, -0.2) is 23.1 Å². The van der Waals surface area contributed by atoms with Gasteiger partial charge in [0.25, 0.3) is 0 Å². The van der Waals surface area contributed by atoms with Crippen LogP contribution < -0.4 is 10.1 Å². The lowest BCUT2D eigenvalue weighted by Crippen LogP contribution is -2.20. The highest BCUT2D eigenvalue weighted by atomic mass is 16.5. The molecule has 1 aromatic rings. The molecule has 0 fully saturated rings. The Morgan fingerprint density at radius 1 is 1.05 bits per heavy atom. The summed E-state index contributed by atoms with van der Waals surface area (Å²) >= 11 is 0. The summed E-state index contributed by atoms with van der Waals surface area (Å²) in [7, 11) is 0. The quantitative estimate of drug-likeness (QED) is 0.877. The maximum atomic E-state index is 5.94. The number of rotatable bonds is 5. The molecule has 0 aliphatic heterocycles. The van der Waals surface area contributed by atoms with Gasteiger partial charge in [0.2, 0.25) is 5.88 Å². The first kappa shape index (κ1) is 17.7. The summed E-state index contributed by atoms with van der Waals surface area (Å²) in [6.45, 7) is 18.6. The van der Waals surface area contributed by atoms with Crippen molar-refractivity contribution >= 4 is 5.82 Å². The first-order valence-electron chi connectivity index (χ1n) is 7.80. The fourth-order valence-electron chi connectivity index (χ4n) is 1.77. The zero-order valence-corrected chi connectivity index (χ0v) is 14.9. The number of aromatic nitrogens is 2. The van der Waals surface area contributed by atoms with Crippen LogP contribution >= 0.6 is 0 Å². The van der Waals surface area contributed by atoms with E-state index in [4.69, 9.17) is 4.74 Å². The molecule has 0 bridgehead atoms. The standard InChI is InChI=1S/C17H31N3O/c1-9-18-13-12(2)14(21-11-10-16(3,4)5)20-15(19-13)17(6,7)8/h9-11H2,1-8H3,(H,18,19,20). The van der Waals surface area contributed by atoms with Crippen LogP contribution in [0.3, 0.4) is 0 Å². The predicted molar refractivity (Wildman–Crippen MR) is 89.2 cm³/mol. The van der Waals surface area contributed by atoms with Gasteiger partial charge in [0, 0.05) is 12.0 Å². The highest BCUT2D eigenvalue weighted by Gasteiger charge is 2.22. The molecule has 0 saturated heterocycles. The lowest BCUT2D eigenvalue weighted by molar-refractivity contribution is 0.233. The molecule has 4 nitrogen and oxygen atoms in total. The van der Waals surface area contributed by atoms with E-state index in [1.54, 1.807) is 0 Å². The Labute approximate surface area is 129 Å². The highest BCUT2D eigenvalue weighted by Crippen LogP contribution is 2.28. The molecular formula is C17H31N3O. The van der Waals surface area contributed by atoms with E-state index < -0.39 is 0 Å². The minimum atomic E-state index is -0.0972. The summed E-state index contributed by atoms with van der Waals surface area (Å²) in [6.07, 6.45) is 0.998. The van der Waals surface area contributed by atoms with Crippen molar-refractivity contribution in [1.82, 2.24) is 9.97 Å². The Morgan fingerprint density at radius 2 is 1.67 bits per heavy atom. The van der Waals surface area contributed by atoms with Crippen LogP contribution in [0.5, 0.6) is 5.88 Å². The van der Waals surface area contributed by atoms with Crippen LogP contribution in [0, 0.1) is 12.3 Å². The van der Waals surface area contributed by atoms with Crippen LogP contribution in [-0.2, 0) is 5.41 Å². The summed E-state index contributed by atoms with van der Waals surface area (Å²) in [6, 6.07) is 0. The Hall–Kier alpha value is -1.32. The van der Waals surface area contributed by atoms with Gasteiger partial charge in [-0.15, -0.1) is 0 Å². The number of nitrogens with one attached hydrogen (secondary N) is 1. The lowest BCUT2D eigenvalue weighted by atomic mass is 9.93. The molecule has 0 unspecified atom stereocenters. The molecule has 0 saturated carbocycles. The third-order valence-electron chi connectivity index (χ3n) is 3.21. The van der Waals surface area contributed by atoms with Crippen LogP contribution in [0.15, 0.2) is 0 Å². The first-order chi connectivity index (χ1) is 9.54. The summed E-state index contributed by atoms with van der Waals surface area (Å²) in [5.41, 5.74) is 1.15. The van der Waals surface area contributed by atoms with E-state index in [1.807, 2.05) is 6.92 Å². The van der Waals surface area contributed by atoms with E-state index in [0.29, 0.717) is 12.5 Å². The second-order valence-electron chi connectivity index (χ2n) is 7.77. The number of hydrogen-bond acceptors (Lipinski definition) is 4. The van der Waals surface area contributed by atoms with Crippen molar-refractivity contribution in [2.45, 2.75) is 67.2 Å². The predicted octanol–water partition coefficient (Wildman–Crippen LogP) is 4.33.